The van der Waals surface area contributed by atoms with E-state index in [1.54, 1.807) is 19.1 Å². The molecule has 31 heavy (non-hydrogen) atoms. The van der Waals surface area contributed by atoms with Gasteiger partial charge in [-0.3, -0.25) is 9.79 Å². The van der Waals surface area contributed by atoms with Gasteiger partial charge in [-0.15, -0.1) is 0 Å². The molecule has 0 radical (unpaired) electrons. The Balaban J connectivity index is 1.78. The van der Waals surface area contributed by atoms with E-state index in [1.807, 2.05) is 61.5 Å². The third-order valence-corrected chi connectivity index (χ3v) is 5.76. The summed E-state index contributed by atoms with van der Waals surface area (Å²) in [6, 6.07) is 20.7. The SMILES string of the molecule is CCOc1cc(C(C)=O)ccc1C1=NC(c2ccc(Cl)cc2)C(c2ccc(Cl)cc2)N1. The molecule has 0 saturated heterocycles. The molecule has 4 nitrogen and oxygen atoms in total. The zero-order valence-electron chi connectivity index (χ0n) is 17.2. The zero-order valence-corrected chi connectivity index (χ0v) is 18.7. The van der Waals surface area contributed by atoms with Crippen molar-refractivity contribution >= 4 is 34.8 Å². The Kier molecular flexibility index (Phi) is 6.30. The number of hydrogen-bond donors (Lipinski definition) is 1. The highest BCUT2D eigenvalue weighted by Gasteiger charge is 2.33. The summed E-state index contributed by atoms with van der Waals surface area (Å²) >= 11 is 12.2. The highest BCUT2D eigenvalue weighted by Crippen LogP contribution is 2.39. The Labute approximate surface area is 191 Å². The van der Waals surface area contributed by atoms with E-state index in [1.165, 1.54) is 0 Å². The van der Waals surface area contributed by atoms with E-state index in [4.69, 9.17) is 32.9 Å². The Bertz CT molecular complexity index is 1130. The summed E-state index contributed by atoms with van der Waals surface area (Å²) in [4.78, 5) is 16.9. The monoisotopic (exact) mass is 452 g/mol. The first-order valence-electron chi connectivity index (χ1n) is 10.1. The van der Waals surface area contributed by atoms with E-state index in [2.05, 4.69) is 5.32 Å². The van der Waals surface area contributed by atoms with Gasteiger partial charge in [0.2, 0.25) is 0 Å². The highest BCUT2D eigenvalue weighted by atomic mass is 35.5. The third-order valence-electron chi connectivity index (χ3n) is 5.26. The van der Waals surface area contributed by atoms with Gasteiger partial charge in [-0.05, 0) is 61.4 Å². The van der Waals surface area contributed by atoms with Gasteiger partial charge in [0.1, 0.15) is 17.6 Å². The number of carbonyl (C=O) groups is 1. The average molecular weight is 453 g/mol. The van der Waals surface area contributed by atoms with E-state index in [9.17, 15) is 4.79 Å². The van der Waals surface area contributed by atoms with Crippen LogP contribution in [0.1, 0.15) is 53.0 Å². The zero-order chi connectivity index (χ0) is 22.0. The second kappa shape index (κ2) is 9.13. The molecule has 1 aliphatic heterocycles. The smallest absolute Gasteiger partial charge is 0.159 e. The molecule has 0 aliphatic carbocycles. The molecule has 0 bridgehead atoms. The fraction of sp³-hybridized carbons (Fsp3) is 0.200. The maximum atomic E-state index is 11.8. The molecule has 0 amide bonds. The number of hydrogen-bond acceptors (Lipinski definition) is 4. The molecule has 1 aliphatic rings. The number of nitrogens with zero attached hydrogens (tertiary/aromatic N) is 1. The van der Waals surface area contributed by atoms with Crippen LogP contribution in [0, 0.1) is 0 Å². The van der Waals surface area contributed by atoms with Gasteiger partial charge in [-0.1, -0.05) is 53.5 Å². The summed E-state index contributed by atoms with van der Waals surface area (Å²) in [5, 5.41) is 4.93. The van der Waals surface area contributed by atoms with Crippen LogP contribution in [0.15, 0.2) is 71.7 Å². The largest absolute Gasteiger partial charge is 0.493 e. The second-order valence-corrected chi connectivity index (χ2v) is 8.22. The third kappa shape index (κ3) is 4.60. The van der Waals surface area contributed by atoms with E-state index < -0.39 is 0 Å². The number of ether oxygens (including phenoxy) is 1. The fourth-order valence-corrected chi connectivity index (χ4v) is 3.95. The van der Waals surface area contributed by atoms with Crippen molar-refractivity contribution in [3.8, 4) is 5.75 Å². The van der Waals surface area contributed by atoms with Crippen molar-refractivity contribution in [3.63, 3.8) is 0 Å². The average Bonchev–Trinajstić information content (AvgIpc) is 3.20. The van der Waals surface area contributed by atoms with Crippen molar-refractivity contribution in [2.75, 3.05) is 6.61 Å². The molecule has 158 valence electrons. The van der Waals surface area contributed by atoms with Crippen LogP contribution in [0.2, 0.25) is 10.0 Å². The predicted molar refractivity (Wildman–Crippen MR) is 126 cm³/mol. The summed E-state index contributed by atoms with van der Waals surface area (Å²) < 4.78 is 5.85. The summed E-state index contributed by atoms with van der Waals surface area (Å²) in [7, 11) is 0. The molecule has 4 rings (SSSR count). The molecule has 0 aromatic heterocycles. The number of rotatable bonds is 6. The van der Waals surface area contributed by atoms with Gasteiger partial charge < -0.3 is 10.1 Å². The summed E-state index contributed by atoms with van der Waals surface area (Å²) in [6.07, 6.45) is 0. The number of nitrogens with one attached hydrogen (secondary N) is 1. The van der Waals surface area contributed by atoms with Crippen molar-refractivity contribution in [3.05, 3.63) is 99.0 Å². The molecule has 3 aromatic carbocycles. The maximum Gasteiger partial charge on any atom is 0.159 e. The minimum Gasteiger partial charge on any atom is -0.493 e. The number of amidine groups is 1. The topological polar surface area (TPSA) is 50.7 Å². The van der Waals surface area contributed by atoms with Gasteiger partial charge >= 0.3 is 0 Å². The van der Waals surface area contributed by atoms with Crippen LogP contribution in [0.5, 0.6) is 5.75 Å². The van der Waals surface area contributed by atoms with Crippen LogP contribution in [0.3, 0.4) is 0 Å². The number of halogens is 2. The molecule has 0 saturated carbocycles. The maximum absolute atomic E-state index is 11.8. The lowest BCUT2D eigenvalue weighted by atomic mass is 9.95. The first kappa shape index (κ1) is 21.4. The second-order valence-electron chi connectivity index (χ2n) is 7.35. The summed E-state index contributed by atoms with van der Waals surface area (Å²) in [6.45, 7) is 3.95. The van der Waals surface area contributed by atoms with Crippen molar-refractivity contribution in [1.29, 1.82) is 0 Å². The van der Waals surface area contributed by atoms with Gasteiger partial charge in [-0.25, -0.2) is 0 Å². The standard InChI is InChI=1S/C25H22Cl2N2O2/c1-3-31-22-14-18(15(2)30)8-13-21(22)25-28-23(16-4-9-19(26)10-5-16)24(29-25)17-6-11-20(27)12-7-17/h4-14,23-24H,3H2,1-2H3,(H,28,29). The quantitative estimate of drug-likeness (QED) is 0.438. The normalized spacial score (nSPS) is 17.7. The van der Waals surface area contributed by atoms with Gasteiger partial charge in [0.15, 0.2) is 5.78 Å². The molecule has 1 N–H and O–H groups in total. The van der Waals surface area contributed by atoms with Gasteiger partial charge in [-0.2, -0.15) is 0 Å². The molecule has 0 fully saturated rings. The van der Waals surface area contributed by atoms with Crippen LogP contribution in [0.25, 0.3) is 0 Å². The molecule has 2 atom stereocenters. The van der Waals surface area contributed by atoms with Gasteiger partial charge in [0, 0.05) is 15.6 Å². The molecular weight excluding hydrogens is 431 g/mol. The Morgan fingerprint density at radius 1 is 0.968 bits per heavy atom. The summed E-state index contributed by atoms with van der Waals surface area (Å²) in [5.41, 5.74) is 3.54. The van der Waals surface area contributed by atoms with Crippen LogP contribution >= 0.6 is 23.2 Å². The Morgan fingerprint density at radius 2 is 1.58 bits per heavy atom. The Morgan fingerprint density at radius 3 is 2.16 bits per heavy atom. The number of carbonyl (C=O) groups excluding carboxylic acids is 1. The molecule has 6 heteroatoms. The minimum absolute atomic E-state index is 0.00750. The van der Waals surface area contributed by atoms with E-state index in [0.717, 1.165) is 22.5 Å². The lowest BCUT2D eigenvalue weighted by Gasteiger charge is -2.20. The molecular formula is C25H22Cl2N2O2. The van der Waals surface area contributed by atoms with Crippen molar-refractivity contribution < 1.29 is 9.53 Å². The Hall–Kier alpha value is -2.82. The highest BCUT2D eigenvalue weighted by molar-refractivity contribution is 6.30. The lowest BCUT2D eigenvalue weighted by molar-refractivity contribution is 0.101. The number of benzene rings is 3. The van der Waals surface area contributed by atoms with Gasteiger partial charge in [0.25, 0.3) is 0 Å². The van der Waals surface area contributed by atoms with Crippen molar-refractivity contribution in [1.82, 2.24) is 5.32 Å². The van der Waals surface area contributed by atoms with Crippen molar-refractivity contribution in [2.24, 2.45) is 4.99 Å². The first-order chi connectivity index (χ1) is 15.0. The van der Waals surface area contributed by atoms with E-state index in [0.29, 0.717) is 28.0 Å². The van der Waals surface area contributed by atoms with Crippen LogP contribution in [-0.4, -0.2) is 18.2 Å². The lowest BCUT2D eigenvalue weighted by Crippen LogP contribution is -2.25. The fourth-order valence-electron chi connectivity index (χ4n) is 3.70. The predicted octanol–water partition coefficient (Wildman–Crippen LogP) is 6.43. The van der Waals surface area contributed by atoms with Gasteiger partial charge in [0.05, 0.1) is 18.2 Å². The minimum atomic E-state index is -0.157. The molecule has 2 unspecified atom stereocenters. The first-order valence-corrected chi connectivity index (χ1v) is 10.8. The van der Waals surface area contributed by atoms with Crippen LogP contribution in [0.4, 0.5) is 0 Å². The number of ketones is 1. The van der Waals surface area contributed by atoms with Crippen LogP contribution in [-0.2, 0) is 0 Å². The van der Waals surface area contributed by atoms with E-state index >= 15 is 0 Å². The molecule has 1 heterocycles. The van der Waals surface area contributed by atoms with Crippen molar-refractivity contribution in [2.45, 2.75) is 25.9 Å². The summed E-state index contributed by atoms with van der Waals surface area (Å²) in [5.74, 6) is 1.35. The molecule has 3 aromatic rings. The number of Topliss-reactive ketones (excluding diaryl/α,β-unsaturated/α-hetero) is 1. The van der Waals surface area contributed by atoms with Crippen LogP contribution < -0.4 is 10.1 Å². The number of aliphatic imine (C=N–C) groups is 1. The molecule has 0 spiro atoms. The van der Waals surface area contributed by atoms with E-state index in [-0.39, 0.29) is 17.9 Å².